The number of aryl methyl sites for hydroxylation is 1. The maximum Gasteiger partial charge on any atom is 0.273 e. The molecular formula is C15H17BrN4O2. The van der Waals surface area contributed by atoms with Crippen LogP contribution in [0.5, 0.6) is 0 Å². The molecule has 0 aliphatic carbocycles. The van der Waals surface area contributed by atoms with E-state index < -0.39 is 0 Å². The van der Waals surface area contributed by atoms with Gasteiger partial charge >= 0.3 is 0 Å². The van der Waals surface area contributed by atoms with Crippen molar-refractivity contribution in [2.45, 2.75) is 13.5 Å². The monoisotopic (exact) mass is 364 g/mol. The average Bonchev–Trinajstić information content (AvgIpc) is 2.89. The number of hydrogen-bond donors (Lipinski definition) is 1. The fourth-order valence-corrected chi connectivity index (χ4v) is 2.21. The predicted octanol–water partition coefficient (Wildman–Crippen LogP) is 2.62. The molecule has 1 aromatic carbocycles. The molecule has 1 aromatic heterocycles. The molecule has 0 saturated carbocycles. The lowest BCUT2D eigenvalue weighted by molar-refractivity contribution is 0.0816. The quantitative estimate of drug-likeness (QED) is 0.906. The second kappa shape index (κ2) is 6.74. The number of carbonyl (C=O) groups excluding carboxylic acids is 2. The van der Waals surface area contributed by atoms with Gasteiger partial charge in [0.05, 0.1) is 11.9 Å². The van der Waals surface area contributed by atoms with Gasteiger partial charge in [-0.3, -0.25) is 14.3 Å². The summed E-state index contributed by atoms with van der Waals surface area (Å²) in [5.74, 6) is -0.485. The van der Waals surface area contributed by atoms with Crippen LogP contribution in [-0.4, -0.2) is 40.6 Å². The van der Waals surface area contributed by atoms with Crippen LogP contribution in [0.2, 0.25) is 0 Å². The first-order valence-corrected chi connectivity index (χ1v) is 7.57. The molecule has 7 heteroatoms. The summed E-state index contributed by atoms with van der Waals surface area (Å²) in [6, 6.07) is 6.99. The number of carbonyl (C=O) groups is 2. The van der Waals surface area contributed by atoms with Crippen molar-refractivity contribution in [2.75, 3.05) is 19.4 Å². The highest BCUT2D eigenvalue weighted by molar-refractivity contribution is 9.10. The summed E-state index contributed by atoms with van der Waals surface area (Å²) < 4.78 is 2.46. The van der Waals surface area contributed by atoms with Crippen molar-refractivity contribution in [3.05, 3.63) is 46.2 Å². The summed E-state index contributed by atoms with van der Waals surface area (Å²) in [7, 11) is 3.32. The van der Waals surface area contributed by atoms with Crippen molar-refractivity contribution in [1.82, 2.24) is 14.7 Å². The lowest BCUT2D eigenvalue weighted by Crippen LogP contribution is -2.26. The zero-order valence-corrected chi connectivity index (χ0v) is 14.2. The first-order chi connectivity index (χ1) is 10.4. The lowest BCUT2D eigenvalue weighted by Gasteiger charge is -2.13. The van der Waals surface area contributed by atoms with Crippen LogP contribution < -0.4 is 5.32 Å². The molecular weight excluding hydrogens is 348 g/mol. The van der Waals surface area contributed by atoms with Crippen LogP contribution in [0.3, 0.4) is 0 Å². The number of aromatic nitrogens is 2. The van der Waals surface area contributed by atoms with Crippen LogP contribution in [0.15, 0.2) is 34.9 Å². The van der Waals surface area contributed by atoms with E-state index in [-0.39, 0.29) is 11.8 Å². The third-order valence-electron chi connectivity index (χ3n) is 3.10. The maximum atomic E-state index is 12.3. The van der Waals surface area contributed by atoms with Crippen LogP contribution in [0.4, 0.5) is 5.69 Å². The number of nitrogens with zero attached hydrogens (tertiary/aromatic N) is 3. The van der Waals surface area contributed by atoms with Crippen molar-refractivity contribution in [2.24, 2.45) is 0 Å². The van der Waals surface area contributed by atoms with Gasteiger partial charge in [0.25, 0.3) is 11.8 Å². The van der Waals surface area contributed by atoms with Crippen molar-refractivity contribution >= 4 is 33.4 Å². The number of hydrogen-bond acceptors (Lipinski definition) is 3. The number of benzene rings is 1. The lowest BCUT2D eigenvalue weighted by atomic mass is 10.2. The Kier molecular flexibility index (Phi) is 4.97. The van der Waals surface area contributed by atoms with Gasteiger partial charge in [-0.2, -0.15) is 5.10 Å². The van der Waals surface area contributed by atoms with Gasteiger partial charge in [-0.15, -0.1) is 0 Å². The summed E-state index contributed by atoms with van der Waals surface area (Å²) >= 11 is 3.33. The molecule has 0 radical (unpaired) electrons. The largest absolute Gasteiger partial charge is 0.343 e. The summed E-state index contributed by atoms with van der Waals surface area (Å²) in [5.41, 5.74) is 1.29. The van der Waals surface area contributed by atoms with Gasteiger partial charge < -0.3 is 10.2 Å². The van der Waals surface area contributed by atoms with Gasteiger partial charge in [0.2, 0.25) is 0 Å². The SMILES string of the molecule is CCn1ncc(NC(=O)c2ccc(Br)cc2)c1C(=O)N(C)C. The molecule has 0 atom stereocenters. The van der Waals surface area contributed by atoms with Crippen LogP contribution in [-0.2, 0) is 6.54 Å². The molecule has 0 fully saturated rings. The van der Waals surface area contributed by atoms with E-state index in [2.05, 4.69) is 26.3 Å². The Balaban J connectivity index is 2.29. The number of anilines is 1. The van der Waals surface area contributed by atoms with Gasteiger partial charge in [0, 0.05) is 30.7 Å². The molecule has 116 valence electrons. The zero-order chi connectivity index (χ0) is 16.3. The molecule has 2 amide bonds. The maximum absolute atomic E-state index is 12.3. The van der Waals surface area contributed by atoms with E-state index in [1.54, 1.807) is 43.0 Å². The second-order valence-corrected chi connectivity index (χ2v) is 5.80. The first kappa shape index (κ1) is 16.2. The second-order valence-electron chi connectivity index (χ2n) is 4.88. The first-order valence-electron chi connectivity index (χ1n) is 6.78. The van der Waals surface area contributed by atoms with Crippen LogP contribution in [0, 0.1) is 0 Å². The van der Waals surface area contributed by atoms with Crippen LogP contribution in [0.1, 0.15) is 27.8 Å². The van der Waals surface area contributed by atoms with E-state index in [1.807, 2.05) is 6.92 Å². The molecule has 6 nitrogen and oxygen atoms in total. The summed E-state index contributed by atoms with van der Waals surface area (Å²) in [6.07, 6.45) is 1.50. The van der Waals surface area contributed by atoms with E-state index in [0.717, 1.165) is 4.47 Å². The van der Waals surface area contributed by atoms with E-state index in [4.69, 9.17) is 0 Å². The fraction of sp³-hybridized carbons (Fsp3) is 0.267. The smallest absolute Gasteiger partial charge is 0.273 e. The van der Waals surface area contributed by atoms with Crippen molar-refractivity contribution in [3.8, 4) is 0 Å². The normalized spacial score (nSPS) is 10.4. The molecule has 2 aromatic rings. The predicted molar refractivity (Wildman–Crippen MR) is 88.0 cm³/mol. The summed E-state index contributed by atoms with van der Waals surface area (Å²) in [4.78, 5) is 26.0. The summed E-state index contributed by atoms with van der Waals surface area (Å²) in [6.45, 7) is 2.43. The topological polar surface area (TPSA) is 67.2 Å². The highest BCUT2D eigenvalue weighted by Gasteiger charge is 2.21. The Morgan fingerprint density at radius 2 is 1.91 bits per heavy atom. The van der Waals surface area contributed by atoms with E-state index in [9.17, 15) is 9.59 Å². The number of rotatable bonds is 4. The Morgan fingerprint density at radius 3 is 2.45 bits per heavy atom. The number of halogens is 1. The van der Waals surface area contributed by atoms with E-state index >= 15 is 0 Å². The molecule has 2 rings (SSSR count). The number of amides is 2. The van der Waals surface area contributed by atoms with Crippen molar-refractivity contribution in [3.63, 3.8) is 0 Å². The van der Waals surface area contributed by atoms with Gasteiger partial charge in [0.1, 0.15) is 5.69 Å². The molecule has 0 bridgehead atoms. The van der Waals surface area contributed by atoms with E-state index in [0.29, 0.717) is 23.5 Å². The highest BCUT2D eigenvalue weighted by atomic mass is 79.9. The Bertz CT molecular complexity index is 692. The minimum absolute atomic E-state index is 0.203. The van der Waals surface area contributed by atoms with Crippen molar-refractivity contribution in [1.29, 1.82) is 0 Å². The molecule has 1 N–H and O–H groups in total. The molecule has 0 aliphatic heterocycles. The minimum Gasteiger partial charge on any atom is -0.343 e. The van der Waals surface area contributed by atoms with Gasteiger partial charge in [-0.25, -0.2) is 0 Å². The molecule has 0 aliphatic rings. The van der Waals surface area contributed by atoms with Crippen LogP contribution in [0.25, 0.3) is 0 Å². The fourth-order valence-electron chi connectivity index (χ4n) is 1.95. The molecule has 0 saturated heterocycles. The third kappa shape index (κ3) is 3.36. The zero-order valence-electron chi connectivity index (χ0n) is 12.6. The van der Waals surface area contributed by atoms with Gasteiger partial charge in [-0.05, 0) is 31.2 Å². The highest BCUT2D eigenvalue weighted by Crippen LogP contribution is 2.18. The average molecular weight is 365 g/mol. The molecule has 0 spiro atoms. The van der Waals surface area contributed by atoms with Gasteiger partial charge in [-0.1, -0.05) is 15.9 Å². The Morgan fingerprint density at radius 1 is 1.27 bits per heavy atom. The van der Waals surface area contributed by atoms with Gasteiger partial charge in [0.15, 0.2) is 0 Å². The van der Waals surface area contributed by atoms with Crippen LogP contribution >= 0.6 is 15.9 Å². The Labute approximate surface area is 137 Å². The standard InChI is InChI=1S/C15H17BrN4O2/c1-4-20-13(15(22)19(2)3)12(9-17-20)18-14(21)10-5-7-11(16)8-6-10/h5-9H,4H2,1-3H3,(H,18,21). The third-order valence-corrected chi connectivity index (χ3v) is 3.63. The molecule has 0 unspecified atom stereocenters. The molecule has 22 heavy (non-hydrogen) atoms. The molecule has 1 heterocycles. The van der Waals surface area contributed by atoms with Crippen molar-refractivity contribution < 1.29 is 9.59 Å². The minimum atomic E-state index is -0.282. The Hall–Kier alpha value is -2.15. The van der Waals surface area contributed by atoms with E-state index in [1.165, 1.54) is 11.1 Å². The number of nitrogens with one attached hydrogen (secondary N) is 1. The summed E-state index contributed by atoms with van der Waals surface area (Å²) in [5, 5.41) is 6.90.